The van der Waals surface area contributed by atoms with Crippen molar-refractivity contribution >= 4 is 36.8 Å². The number of likely N-dealkylation sites (tertiary alicyclic amines) is 1. The van der Waals surface area contributed by atoms with Crippen molar-refractivity contribution < 1.29 is 71.8 Å². The molecule has 0 unspecified atom stereocenters. The van der Waals surface area contributed by atoms with Gasteiger partial charge in [-0.1, -0.05) is 0 Å². The number of halogens is 1. The average Bonchev–Trinajstić information content (AvgIpc) is 2.97. The Morgan fingerprint density at radius 3 is 1.69 bits per heavy atom. The number of carbonyl (C=O) groups is 4. The van der Waals surface area contributed by atoms with E-state index < -0.39 is 25.2 Å². The van der Waals surface area contributed by atoms with E-state index in [1.807, 2.05) is 4.90 Å². The number of piperidine rings is 1. The molecule has 0 N–H and O–H groups in total. The van der Waals surface area contributed by atoms with Gasteiger partial charge in [0.2, 0.25) is 0 Å². The van der Waals surface area contributed by atoms with Crippen LogP contribution in [-0.2, 0) is 28.3 Å². The van der Waals surface area contributed by atoms with Crippen molar-refractivity contribution in [2.24, 2.45) is 0 Å². The van der Waals surface area contributed by atoms with E-state index in [2.05, 4.69) is 61.9 Å². The summed E-state index contributed by atoms with van der Waals surface area (Å²) < 4.78 is 32.6. The molecule has 0 radical (unpaired) electrons. The van der Waals surface area contributed by atoms with Crippen molar-refractivity contribution in [1.82, 2.24) is 9.80 Å². The van der Waals surface area contributed by atoms with Crippen molar-refractivity contribution in [2.75, 3.05) is 44.2 Å². The van der Waals surface area contributed by atoms with Crippen LogP contribution >= 0.6 is 0 Å². The van der Waals surface area contributed by atoms with Gasteiger partial charge < -0.3 is 33.4 Å². The summed E-state index contributed by atoms with van der Waals surface area (Å²) >= 11 is 0. The number of hydrogen-bond acceptors (Lipinski definition) is 10. The van der Waals surface area contributed by atoms with Crippen molar-refractivity contribution in [3.8, 4) is 5.75 Å². The second-order valence-electron chi connectivity index (χ2n) is 11.0. The molecule has 45 heavy (non-hydrogen) atoms. The first kappa shape index (κ1) is 38.1. The van der Waals surface area contributed by atoms with Crippen LogP contribution in [0.25, 0.3) is 0 Å². The summed E-state index contributed by atoms with van der Waals surface area (Å²) in [6, 6.07) is 14.7. The molecule has 0 atom stereocenters. The second-order valence-corrected chi connectivity index (χ2v) is 11.0. The molecule has 1 amide bonds. The van der Waals surface area contributed by atoms with Gasteiger partial charge in [-0.25, -0.2) is 4.39 Å². The van der Waals surface area contributed by atoms with E-state index in [0.29, 0.717) is 30.8 Å². The normalized spacial score (nSPS) is 15.4. The fourth-order valence-corrected chi connectivity index (χ4v) is 4.97. The fourth-order valence-electron chi connectivity index (χ4n) is 4.97. The molecule has 2 heterocycles. The quantitative estimate of drug-likeness (QED) is 0.378. The van der Waals surface area contributed by atoms with Gasteiger partial charge in [-0.15, -0.1) is 0 Å². The minimum Gasteiger partial charge on any atom is -0.625 e. The number of rotatable bonds is 8. The molecule has 2 aromatic carbocycles. The molecule has 0 bridgehead atoms. The first-order valence-electron chi connectivity index (χ1n) is 14.9. The van der Waals surface area contributed by atoms with Crippen LogP contribution in [0.15, 0.2) is 48.5 Å². The number of anilines is 1. The third-order valence-electron chi connectivity index (χ3n) is 7.33. The average molecular weight is 637 g/mol. The fraction of sp³-hybridized carbons (Fsp3) is 0.484. The molecule has 0 aliphatic carbocycles. The standard InChI is InChI=1S/C25H32FN3O2.C6H10BO6.Na/c1-19(2)27-13-11-24(12-14-27)31-23-9-7-22(8-10-23)28-15-17-29(18-16-28)25(30)20-3-5-21(26)6-4-20;1-4(8)11-7(12-5(2)9)13-6(3)10;/h3-10,19,24H,11-18H2,1-2H3;7H,1-3H3;/q;-1;+1. The zero-order valence-electron chi connectivity index (χ0n) is 27.1. The van der Waals surface area contributed by atoms with Crippen LogP contribution in [0.5, 0.6) is 5.75 Å². The molecule has 2 fully saturated rings. The smallest absolute Gasteiger partial charge is 0.625 e. The molecule has 0 aromatic heterocycles. The maximum absolute atomic E-state index is 13.1. The molecule has 11 nitrogen and oxygen atoms in total. The zero-order valence-corrected chi connectivity index (χ0v) is 29.1. The van der Waals surface area contributed by atoms with Crippen LogP contribution in [0.4, 0.5) is 10.1 Å². The maximum atomic E-state index is 13.1. The van der Waals surface area contributed by atoms with Crippen molar-refractivity contribution in [3.63, 3.8) is 0 Å². The van der Waals surface area contributed by atoms with Gasteiger partial charge in [-0.3, -0.25) is 19.2 Å². The van der Waals surface area contributed by atoms with E-state index in [0.717, 1.165) is 71.2 Å². The Kier molecular flexibility index (Phi) is 15.9. The summed E-state index contributed by atoms with van der Waals surface area (Å²) in [6.45, 7) is 12.9. The molecule has 0 saturated carbocycles. The summed E-state index contributed by atoms with van der Waals surface area (Å²) in [5, 5.41) is 0. The van der Waals surface area contributed by atoms with E-state index in [9.17, 15) is 23.6 Å². The molecule has 240 valence electrons. The van der Waals surface area contributed by atoms with E-state index in [4.69, 9.17) is 4.74 Å². The van der Waals surface area contributed by atoms with Gasteiger partial charge in [-0.05, 0) is 75.2 Å². The van der Waals surface area contributed by atoms with Crippen LogP contribution in [-0.4, -0.2) is 92.4 Å². The first-order valence-corrected chi connectivity index (χ1v) is 14.9. The number of carbonyl (C=O) groups excluding carboxylic acids is 4. The van der Waals surface area contributed by atoms with Gasteiger partial charge in [0.1, 0.15) is 17.7 Å². The van der Waals surface area contributed by atoms with Crippen LogP contribution in [0.1, 0.15) is 57.8 Å². The molecule has 4 rings (SSSR count). The summed E-state index contributed by atoms with van der Waals surface area (Å²) in [5.74, 6) is -1.47. The van der Waals surface area contributed by atoms with Gasteiger partial charge in [0.05, 0.1) is 0 Å². The van der Waals surface area contributed by atoms with E-state index >= 15 is 0 Å². The first-order chi connectivity index (χ1) is 20.9. The Morgan fingerprint density at radius 1 is 0.756 bits per heavy atom. The SMILES string of the molecule is CC(=O)O[BH-](OC(C)=O)OC(C)=O.CC(C)N1CCC(Oc2ccc(N3CCN(C(=O)c4ccc(F)cc4)CC3)cc2)CC1.[Na+]. The van der Waals surface area contributed by atoms with Crippen LogP contribution in [0.2, 0.25) is 0 Å². The Balaban J connectivity index is 0.000000430. The molecule has 0 spiro atoms. The Morgan fingerprint density at radius 2 is 1.24 bits per heavy atom. The number of hydrogen-bond donors (Lipinski definition) is 0. The predicted octanol–water partition coefficient (Wildman–Crippen LogP) is 0.437. The number of amides is 1. The van der Waals surface area contributed by atoms with Crippen molar-refractivity contribution in [3.05, 3.63) is 59.9 Å². The summed E-state index contributed by atoms with van der Waals surface area (Å²) in [6.07, 6.45) is 2.44. The minimum atomic E-state index is -2.41. The largest absolute Gasteiger partial charge is 1.00 e. The Labute approximate surface area is 286 Å². The molecule has 2 saturated heterocycles. The minimum absolute atomic E-state index is 0. The second kappa shape index (κ2) is 18.7. The molecule has 2 aliphatic heterocycles. The van der Waals surface area contributed by atoms with Crippen LogP contribution in [0.3, 0.4) is 0 Å². The monoisotopic (exact) mass is 637 g/mol. The van der Waals surface area contributed by atoms with E-state index in [1.165, 1.54) is 12.1 Å². The van der Waals surface area contributed by atoms with Crippen molar-refractivity contribution in [2.45, 2.75) is 59.6 Å². The molecular weight excluding hydrogens is 595 g/mol. The molecular formula is C31H42BFN3NaO8. The van der Waals surface area contributed by atoms with E-state index in [-0.39, 0.29) is 41.3 Å². The topological polar surface area (TPSA) is 115 Å². The molecule has 2 aromatic rings. The molecule has 14 heteroatoms. The van der Waals surface area contributed by atoms with Gasteiger partial charge in [-0.2, -0.15) is 0 Å². The Hall–Kier alpha value is -3.13. The van der Waals surface area contributed by atoms with Gasteiger partial charge >= 0.3 is 36.9 Å². The number of piperazine rings is 1. The van der Waals surface area contributed by atoms with Crippen LogP contribution < -0.4 is 39.2 Å². The number of ether oxygens (including phenoxy) is 1. The van der Waals surface area contributed by atoms with Crippen molar-refractivity contribution in [1.29, 1.82) is 0 Å². The van der Waals surface area contributed by atoms with Crippen LogP contribution in [0, 0.1) is 5.82 Å². The molecule has 2 aliphatic rings. The summed E-state index contributed by atoms with van der Waals surface area (Å²) in [7, 11) is -2.41. The summed E-state index contributed by atoms with van der Waals surface area (Å²) in [5.41, 5.74) is 1.69. The third kappa shape index (κ3) is 13.0. The Bertz CT molecular complexity index is 1210. The summed E-state index contributed by atoms with van der Waals surface area (Å²) in [4.78, 5) is 50.5. The van der Waals surface area contributed by atoms with E-state index in [1.54, 1.807) is 12.1 Å². The van der Waals surface area contributed by atoms with Gasteiger partial charge in [0, 0.05) is 77.3 Å². The number of benzene rings is 2. The maximum Gasteiger partial charge on any atom is 1.00 e. The predicted molar refractivity (Wildman–Crippen MR) is 164 cm³/mol. The third-order valence-corrected chi connectivity index (χ3v) is 7.33. The zero-order chi connectivity index (χ0) is 32.2. The van der Waals surface area contributed by atoms with Gasteiger partial charge in [0.15, 0.2) is 0 Å². The number of nitrogens with zero attached hydrogens (tertiary/aromatic N) is 3. The van der Waals surface area contributed by atoms with Gasteiger partial charge in [0.25, 0.3) is 23.8 Å².